The molecule has 16 heteroatoms. The van der Waals surface area contributed by atoms with E-state index >= 15 is 0 Å². The van der Waals surface area contributed by atoms with Crippen molar-refractivity contribution in [2.24, 2.45) is 0 Å². The average molecular weight is 656 g/mol. The van der Waals surface area contributed by atoms with Crippen molar-refractivity contribution in [1.82, 2.24) is 24.5 Å². The smallest absolute Gasteiger partial charge is 0.406 e. The maximum atomic E-state index is 13.5. The number of rotatable bonds is 8. The fraction of sp³-hybridized carbons (Fsp3) is 0.250. The molecule has 44 heavy (non-hydrogen) atoms. The maximum Gasteiger partial charge on any atom is 0.573 e. The van der Waals surface area contributed by atoms with Gasteiger partial charge in [-0.2, -0.15) is 0 Å². The van der Waals surface area contributed by atoms with Crippen molar-refractivity contribution in [1.29, 1.82) is 0 Å². The molecule has 0 saturated heterocycles. The first-order chi connectivity index (χ1) is 20.7. The van der Waals surface area contributed by atoms with E-state index in [1.807, 2.05) is 0 Å². The predicted octanol–water partition coefficient (Wildman–Crippen LogP) is 5.95. The molecular formula is C28H23ClF5N5O4S. The zero-order valence-electron chi connectivity index (χ0n) is 22.9. The summed E-state index contributed by atoms with van der Waals surface area (Å²) in [6.07, 6.45) is -2.58. The van der Waals surface area contributed by atoms with Crippen molar-refractivity contribution in [2.75, 3.05) is 12.9 Å². The van der Waals surface area contributed by atoms with E-state index in [4.69, 9.17) is 11.6 Å². The first kappa shape index (κ1) is 31.3. The molecule has 0 radical (unpaired) electrons. The SMILES string of the molecule is Cc1nc(C(F)F)cn1-c1ccc(C2=CC(S(C)(=O)=O)=C(CO)C(Cl)C2)cc1-n1nncc1-c1ccc(OC(F)(F)F)cc1. The Morgan fingerprint density at radius 1 is 1.11 bits per heavy atom. The lowest BCUT2D eigenvalue weighted by Gasteiger charge is -2.24. The number of halogens is 6. The summed E-state index contributed by atoms with van der Waals surface area (Å²) in [7, 11) is -3.77. The van der Waals surface area contributed by atoms with Gasteiger partial charge in [0, 0.05) is 18.0 Å². The lowest BCUT2D eigenvalue weighted by Crippen LogP contribution is -2.19. The Labute approximate surface area is 252 Å². The van der Waals surface area contributed by atoms with Crippen LogP contribution < -0.4 is 4.74 Å². The van der Waals surface area contributed by atoms with Gasteiger partial charge in [-0.1, -0.05) is 11.3 Å². The number of aliphatic hydroxyl groups is 1. The highest BCUT2D eigenvalue weighted by Crippen LogP contribution is 2.38. The highest BCUT2D eigenvalue weighted by molar-refractivity contribution is 7.94. The second kappa shape index (κ2) is 11.8. The Balaban J connectivity index is 1.69. The molecule has 2 aromatic carbocycles. The minimum absolute atomic E-state index is 0.110. The van der Waals surface area contributed by atoms with Crippen LogP contribution in [-0.2, 0) is 9.84 Å². The molecule has 1 aliphatic carbocycles. The van der Waals surface area contributed by atoms with Crippen LogP contribution in [0.15, 0.2) is 71.4 Å². The molecule has 0 fully saturated rings. The molecule has 232 valence electrons. The number of aryl methyl sites for hydroxylation is 1. The maximum absolute atomic E-state index is 13.5. The molecule has 4 aromatic rings. The summed E-state index contributed by atoms with van der Waals surface area (Å²) in [4.78, 5) is 3.83. The minimum atomic E-state index is -4.88. The van der Waals surface area contributed by atoms with Crippen molar-refractivity contribution in [3.63, 3.8) is 0 Å². The lowest BCUT2D eigenvalue weighted by atomic mass is 9.92. The molecule has 1 aliphatic rings. The number of hydrogen-bond donors (Lipinski definition) is 1. The second-order valence-electron chi connectivity index (χ2n) is 9.85. The molecule has 0 aliphatic heterocycles. The minimum Gasteiger partial charge on any atom is -0.406 e. The Morgan fingerprint density at radius 2 is 1.80 bits per heavy atom. The summed E-state index contributed by atoms with van der Waals surface area (Å²) in [6.45, 7) is 0.985. The molecule has 2 heterocycles. The van der Waals surface area contributed by atoms with E-state index < -0.39 is 46.1 Å². The normalized spacial score (nSPS) is 16.0. The van der Waals surface area contributed by atoms with E-state index in [1.54, 1.807) is 18.2 Å². The molecular weight excluding hydrogens is 633 g/mol. The van der Waals surface area contributed by atoms with Crippen LogP contribution in [0.3, 0.4) is 0 Å². The monoisotopic (exact) mass is 655 g/mol. The number of alkyl halides is 6. The molecule has 2 aromatic heterocycles. The molecule has 1 unspecified atom stereocenters. The van der Waals surface area contributed by atoms with E-state index in [9.17, 15) is 35.5 Å². The number of aliphatic hydroxyl groups excluding tert-OH is 1. The van der Waals surface area contributed by atoms with Crippen LogP contribution in [0, 0.1) is 6.92 Å². The fourth-order valence-corrected chi connectivity index (χ4v) is 6.34. The van der Waals surface area contributed by atoms with E-state index in [1.165, 1.54) is 46.8 Å². The molecule has 1 N–H and O–H groups in total. The molecule has 1 atom stereocenters. The van der Waals surface area contributed by atoms with Gasteiger partial charge >= 0.3 is 6.36 Å². The average Bonchev–Trinajstić information content (AvgIpc) is 3.58. The van der Waals surface area contributed by atoms with Gasteiger partial charge in [-0.15, -0.1) is 29.9 Å². The molecule has 0 saturated carbocycles. The Morgan fingerprint density at radius 3 is 2.39 bits per heavy atom. The summed E-state index contributed by atoms with van der Waals surface area (Å²) in [5.41, 5.74) is 2.12. The number of allylic oxidation sites excluding steroid dienone is 2. The number of ether oxygens (including phenoxy) is 1. The number of imidazole rings is 1. The van der Waals surface area contributed by atoms with E-state index in [0.717, 1.165) is 18.4 Å². The van der Waals surface area contributed by atoms with E-state index in [2.05, 4.69) is 20.0 Å². The third-order valence-electron chi connectivity index (χ3n) is 6.86. The number of sulfone groups is 1. The summed E-state index contributed by atoms with van der Waals surface area (Å²) in [5, 5.41) is 17.1. The van der Waals surface area contributed by atoms with Gasteiger partial charge in [0.25, 0.3) is 6.43 Å². The summed E-state index contributed by atoms with van der Waals surface area (Å²) in [5.74, 6) is -0.203. The van der Waals surface area contributed by atoms with Crippen LogP contribution in [0.25, 0.3) is 28.2 Å². The van der Waals surface area contributed by atoms with Gasteiger partial charge in [-0.3, -0.25) is 0 Å². The first-order valence-corrected chi connectivity index (χ1v) is 15.1. The van der Waals surface area contributed by atoms with Crippen LogP contribution in [0.2, 0.25) is 0 Å². The Hall–Kier alpha value is -4.08. The van der Waals surface area contributed by atoms with Crippen molar-refractivity contribution < 1.29 is 40.2 Å². The second-order valence-corrected chi connectivity index (χ2v) is 12.4. The van der Waals surface area contributed by atoms with Crippen LogP contribution >= 0.6 is 11.6 Å². The number of aromatic nitrogens is 5. The van der Waals surface area contributed by atoms with Crippen molar-refractivity contribution in [2.45, 2.75) is 31.5 Å². The van der Waals surface area contributed by atoms with E-state index in [0.29, 0.717) is 33.8 Å². The van der Waals surface area contributed by atoms with Gasteiger partial charge in [0.1, 0.15) is 17.3 Å². The highest BCUT2D eigenvalue weighted by Gasteiger charge is 2.31. The number of benzene rings is 2. The van der Waals surface area contributed by atoms with Crippen molar-refractivity contribution in [3.8, 4) is 28.4 Å². The zero-order chi connectivity index (χ0) is 32.0. The van der Waals surface area contributed by atoms with Crippen LogP contribution in [-0.4, -0.2) is 62.7 Å². The van der Waals surface area contributed by atoms with Crippen LogP contribution in [0.4, 0.5) is 22.0 Å². The molecule has 0 amide bonds. The zero-order valence-corrected chi connectivity index (χ0v) is 24.5. The fourth-order valence-electron chi connectivity index (χ4n) is 4.88. The van der Waals surface area contributed by atoms with Gasteiger partial charge in [0.15, 0.2) is 9.84 Å². The van der Waals surface area contributed by atoms with Gasteiger partial charge in [-0.05, 0) is 72.5 Å². The Kier molecular flexibility index (Phi) is 8.39. The van der Waals surface area contributed by atoms with Crippen molar-refractivity contribution in [3.05, 3.63) is 88.5 Å². The van der Waals surface area contributed by atoms with Gasteiger partial charge < -0.3 is 14.4 Å². The van der Waals surface area contributed by atoms with Crippen LogP contribution in [0.5, 0.6) is 5.75 Å². The Bertz CT molecular complexity index is 1880. The van der Waals surface area contributed by atoms with E-state index in [-0.39, 0.29) is 22.7 Å². The number of hydrogen-bond acceptors (Lipinski definition) is 7. The summed E-state index contributed by atoms with van der Waals surface area (Å²) >= 11 is 6.49. The van der Waals surface area contributed by atoms with Crippen molar-refractivity contribution >= 4 is 27.0 Å². The lowest BCUT2D eigenvalue weighted by molar-refractivity contribution is -0.274. The third kappa shape index (κ3) is 6.39. The number of nitrogens with zero attached hydrogens (tertiary/aromatic N) is 5. The van der Waals surface area contributed by atoms with Gasteiger partial charge in [0.2, 0.25) is 0 Å². The summed E-state index contributed by atoms with van der Waals surface area (Å²) < 4.78 is 96.9. The molecule has 5 rings (SSSR count). The third-order valence-corrected chi connectivity index (χ3v) is 8.46. The topological polar surface area (TPSA) is 112 Å². The molecule has 9 nitrogen and oxygen atoms in total. The highest BCUT2D eigenvalue weighted by atomic mass is 35.5. The molecule has 0 spiro atoms. The van der Waals surface area contributed by atoms with Crippen LogP contribution in [0.1, 0.15) is 29.9 Å². The van der Waals surface area contributed by atoms with Gasteiger partial charge in [0.05, 0.1) is 40.2 Å². The largest absolute Gasteiger partial charge is 0.573 e. The summed E-state index contributed by atoms with van der Waals surface area (Å²) in [6, 6.07) is 9.89. The van der Waals surface area contributed by atoms with Gasteiger partial charge in [-0.25, -0.2) is 26.9 Å². The molecule has 0 bridgehead atoms. The quantitative estimate of drug-likeness (QED) is 0.184. The first-order valence-electron chi connectivity index (χ1n) is 12.8. The predicted molar refractivity (Wildman–Crippen MR) is 151 cm³/mol. The standard InChI is InChI=1S/C28H23ClF5N5O4S/c1-15-36-22(27(30)31)13-38(15)23-8-5-17(18-9-21(29)20(14-40)26(11-18)44(2,41)42)10-24(23)39-25(12-35-37-39)16-3-6-19(7-4-16)43-28(32,33)34/h3-8,10-13,21,27,40H,9,14H2,1-2H3.